The Bertz CT molecular complexity index is 343. The van der Waals surface area contributed by atoms with Crippen LogP contribution in [0.15, 0.2) is 18.5 Å². The fraction of sp³-hybridized carbons (Fsp3) is 0.583. The van der Waals surface area contributed by atoms with E-state index < -0.39 is 0 Å². The lowest BCUT2D eigenvalue weighted by atomic mass is 9.98. The second kappa shape index (κ2) is 5.51. The quantitative estimate of drug-likeness (QED) is 0.879. The summed E-state index contributed by atoms with van der Waals surface area (Å²) in [6.07, 6.45) is 6.05. The molecule has 1 aliphatic heterocycles. The van der Waals surface area contributed by atoms with Crippen LogP contribution in [0.1, 0.15) is 12.8 Å². The minimum atomic E-state index is 0.701. The molecule has 1 atom stereocenters. The molecular weight excluding hydrogens is 222 g/mol. The Morgan fingerprint density at radius 1 is 1.62 bits per heavy atom. The van der Waals surface area contributed by atoms with Crippen LogP contribution in [0.2, 0.25) is 5.02 Å². The largest absolute Gasteiger partial charge is 0.383 e. The van der Waals surface area contributed by atoms with Crippen molar-refractivity contribution in [2.24, 2.45) is 5.92 Å². The van der Waals surface area contributed by atoms with Gasteiger partial charge in [0, 0.05) is 25.5 Å². The van der Waals surface area contributed by atoms with Gasteiger partial charge in [0.15, 0.2) is 0 Å². The molecule has 0 amide bonds. The molecule has 0 aromatic carbocycles. The average Bonchev–Trinajstić information content (AvgIpc) is 2.28. The Kier molecular flexibility index (Phi) is 4.02. The van der Waals surface area contributed by atoms with Gasteiger partial charge in [-0.25, -0.2) is 0 Å². The molecular formula is C12H18ClN3. The summed E-state index contributed by atoms with van der Waals surface area (Å²) in [6, 6.07) is 1.93. The minimum Gasteiger partial charge on any atom is -0.383 e. The van der Waals surface area contributed by atoms with Crippen LogP contribution >= 0.6 is 11.6 Å². The van der Waals surface area contributed by atoms with Gasteiger partial charge in [-0.2, -0.15) is 0 Å². The van der Waals surface area contributed by atoms with Crippen LogP contribution in [0.4, 0.5) is 5.69 Å². The molecule has 0 aliphatic carbocycles. The molecule has 1 aromatic heterocycles. The van der Waals surface area contributed by atoms with Crippen LogP contribution in [-0.4, -0.2) is 36.6 Å². The van der Waals surface area contributed by atoms with Crippen LogP contribution in [0, 0.1) is 5.92 Å². The standard InChI is InChI=1S/C12H18ClN3/c1-16-6-2-3-10(9-16)7-15-12-4-5-14-8-11(12)13/h4-5,8,10H,2-3,6-7,9H2,1H3,(H,14,15). The summed E-state index contributed by atoms with van der Waals surface area (Å²) in [5.74, 6) is 0.725. The summed E-state index contributed by atoms with van der Waals surface area (Å²) < 4.78 is 0. The van der Waals surface area contributed by atoms with Gasteiger partial charge in [0.2, 0.25) is 0 Å². The third-order valence-electron chi connectivity index (χ3n) is 3.08. The van der Waals surface area contributed by atoms with Crippen LogP contribution in [0.25, 0.3) is 0 Å². The maximum absolute atomic E-state index is 6.04. The molecule has 3 nitrogen and oxygen atoms in total. The Morgan fingerprint density at radius 2 is 2.50 bits per heavy atom. The van der Waals surface area contributed by atoms with Crippen molar-refractivity contribution in [2.75, 3.05) is 32.0 Å². The first kappa shape index (κ1) is 11.7. The normalized spacial score (nSPS) is 22.0. The van der Waals surface area contributed by atoms with Gasteiger partial charge in [-0.15, -0.1) is 0 Å². The summed E-state index contributed by atoms with van der Waals surface area (Å²) in [5, 5.41) is 4.11. The minimum absolute atomic E-state index is 0.701. The van der Waals surface area contributed by atoms with Gasteiger partial charge >= 0.3 is 0 Å². The fourth-order valence-electron chi connectivity index (χ4n) is 2.21. The van der Waals surface area contributed by atoms with Crippen molar-refractivity contribution in [3.63, 3.8) is 0 Å². The van der Waals surface area contributed by atoms with Crippen molar-refractivity contribution in [1.29, 1.82) is 0 Å². The van der Waals surface area contributed by atoms with Crippen LogP contribution in [0.3, 0.4) is 0 Å². The van der Waals surface area contributed by atoms with E-state index in [9.17, 15) is 0 Å². The highest BCUT2D eigenvalue weighted by Gasteiger charge is 2.16. The zero-order chi connectivity index (χ0) is 11.4. The number of rotatable bonds is 3. The number of piperidine rings is 1. The van der Waals surface area contributed by atoms with Crippen molar-refractivity contribution < 1.29 is 0 Å². The predicted molar refractivity (Wildman–Crippen MR) is 68.0 cm³/mol. The number of hydrogen-bond acceptors (Lipinski definition) is 3. The summed E-state index contributed by atoms with van der Waals surface area (Å²) >= 11 is 6.04. The maximum atomic E-state index is 6.04. The van der Waals surface area contributed by atoms with Crippen molar-refractivity contribution >= 4 is 17.3 Å². The van der Waals surface area contributed by atoms with E-state index in [0.29, 0.717) is 5.02 Å². The Balaban J connectivity index is 1.85. The molecule has 0 spiro atoms. The lowest BCUT2D eigenvalue weighted by Gasteiger charge is -2.30. The lowest BCUT2D eigenvalue weighted by Crippen LogP contribution is -2.35. The van der Waals surface area contributed by atoms with E-state index in [-0.39, 0.29) is 0 Å². The number of aromatic nitrogens is 1. The maximum Gasteiger partial charge on any atom is 0.0820 e. The van der Waals surface area contributed by atoms with Gasteiger partial charge < -0.3 is 10.2 Å². The molecule has 4 heteroatoms. The Hall–Kier alpha value is -0.800. The number of nitrogens with one attached hydrogen (secondary N) is 1. The Morgan fingerprint density at radius 3 is 3.25 bits per heavy atom. The van der Waals surface area contributed by atoms with E-state index in [1.54, 1.807) is 12.4 Å². The van der Waals surface area contributed by atoms with Gasteiger partial charge in [0.1, 0.15) is 0 Å². The summed E-state index contributed by atoms with van der Waals surface area (Å²) in [5.41, 5.74) is 0.991. The third-order valence-corrected chi connectivity index (χ3v) is 3.38. The van der Waals surface area contributed by atoms with E-state index in [1.165, 1.54) is 25.9 Å². The average molecular weight is 240 g/mol. The molecule has 0 bridgehead atoms. The van der Waals surface area contributed by atoms with Gasteiger partial charge in [-0.1, -0.05) is 11.6 Å². The van der Waals surface area contributed by atoms with E-state index in [0.717, 1.165) is 18.2 Å². The molecule has 2 rings (SSSR count). The topological polar surface area (TPSA) is 28.2 Å². The van der Waals surface area contributed by atoms with E-state index in [2.05, 4.69) is 22.2 Å². The van der Waals surface area contributed by atoms with Crippen LogP contribution in [0.5, 0.6) is 0 Å². The molecule has 88 valence electrons. The zero-order valence-corrected chi connectivity index (χ0v) is 10.4. The number of likely N-dealkylation sites (tertiary alicyclic amines) is 1. The van der Waals surface area contributed by atoms with Gasteiger partial charge in [0.05, 0.1) is 10.7 Å². The zero-order valence-electron chi connectivity index (χ0n) is 9.62. The Labute approximate surface area is 102 Å². The predicted octanol–water partition coefficient (Wildman–Crippen LogP) is 2.49. The van der Waals surface area contributed by atoms with E-state index in [4.69, 9.17) is 11.6 Å². The van der Waals surface area contributed by atoms with Crippen molar-refractivity contribution in [3.05, 3.63) is 23.5 Å². The number of anilines is 1. The molecule has 1 fully saturated rings. The number of nitrogens with zero attached hydrogens (tertiary/aromatic N) is 2. The highest BCUT2D eigenvalue weighted by atomic mass is 35.5. The molecule has 0 saturated carbocycles. The smallest absolute Gasteiger partial charge is 0.0820 e. The van der Waals surface area contributed by atoms with Gasteiger partial charge in [-0.05, 0) is 38.4 Å². The molecule has 1 saturated heterocycles. The fourth-order valence-corrected chi connectivity index (χ4v) is 2.40. The molecule has 1 unspecified atom stereocenters. The van der Waals surface area contributed by atoms with Crippen molar-refractivity contribution in [1.82, 2.24) is 9.88 Å². The molecule has 1 N–H and O–H groups in total. The summed E-state index contributed by atoms with van der Waals surface area (Å²) in [6.45, 7) is 3.40. The van der Waals surface area contributed by atoms with Gasteiger partial charge in [0.25, 0.3) is 0 Å². The van der Waals surface area contributed by atoms with Crippen molar-refractivity contribution in [3.8, 4) is 0 Å². The molecule has 1 aliphatic rings. The third kappa shape index (κ3) is 3.09. The number of pyridine rings is 1. The highest BCUT2D eigenvalue weighted by Crippen LogP contribution is 2.21. The summed E-state index contributed by atoms with van der Waals surface area (Å²) in [4.78, 5) is 6.36. The monoisotopic (exact) mass is 239 g/mol. The number of halogens is 1. The van der Waals surface area contributed by atoms with Crippen LogP contribution < -0.4 is 5.32 Å². The first-order chi connectivity index (χ1) is 7.75. The molecule has 16 heavy (non-hydrogen) atoms. The SMILES string of the molecule is CN1CCCC(CNc2ccncc2Cl)C1. The first-order valence-electron chi connectivity index (χ1n) is 5.77. The van der Waals surface area contributed by atoms with E-state index >= 15 is 0 Å². The second-order valence-electron chi connectivity index (χ2n) is 4.51. The van der Waals surface area contributed by atoms with Crippen molar-refractivity contribution in [2.45, 2.75) is 12.8 Å². The van der Waals surface area contributed by atoms with Gasteiger partial charge in [-0.3, -0.25) is 4.98 Å². The second-order valence-corrected chi connectivity index (χ2v) is 4.91. The summed E-state index contributed by atoms with van der Waals surface area (Å²) in [7, 11) is 2.19. The molecule has 0 radical (unpaired) electrons. The lowest BCUT2D eigenvalue weighted by molar-refractivity contribution is 0.217. The molecule has 1 aromatic rings. The molecule has 2 heterocycles. The van der Waals surface area contributed by atoms with E-state index in [1.807, 2.05) is 6.07 Å². The number of hydrogen-bond donors (Lipinski definition) is 1. The van der Waals surface area contributed by atoms with Crippen LogP contribution in [-0.2, 0) is 0 Å². The first-order valence-corrected chi connectivity index (χ1v) is 6.15. The highest BCUT2D eigenvalue weighted by molar-refractivity contribution is 6.33.